The van der Waals surface area contributed by atoms with Gasteiger partial charge in [-0.2, -0.15) is 0 Å². The number of esters is 1. The van der Waals surface area contributed by atoms with Crippen LogP contribution >= 0.6 is 0 Å². The number of aliphatic imine (C=N–C) groups is 1. The van der Waals surface area contributed by atoms with Gasteiger partial charge in [-0.05, 0) is 31.4 Å². The van der Waals surface area contributed by atoms with Crippen LogP contribution in [0, 0.1) is 5.92 Å². The lowest BCUT2D eigenvalue weighted by Gasteiger charge is -2.32. The SMILES string of the molecule is CCCCC(CC)CN1C(CC(=O)OCC)=Nc2ccccc2S1(=O)=O. The second-order valence-corrected chi connectivity index (χ2v) is 8.26. The Bertz CT molecular complexity index is 759. The third-order valence-electron chi connectivity index (χ3n) is 4.55. The van der Waals surface area contributed by atoms with Crippen molar-refractivity contribution in [2.75, 3.05) is 13.2 Å². The molecule has 0 spiro atoms. The first-order chi connectivity index (χ1) is 12.4. The van der Waals surface area contributed by atoms with Gasteiger partial charge in [0.05, 0.1) is 12.3 Å². The third-order valence-corrected chi connectivity index (χ3v) is 6.39. The maximum absolute atomic E-state index is 13.2. The molecule has 0 radical (unpaired) electrons. The normalized spacial score (nSPS) is 16.6. The number of hydrogen-bond donors (Lipinski definition) is 0. The van der Waals surface area contributed by atoms with E-state index in [9.17, 15) is 13.2 Å². The zero-order valence-electron chi connectivity index (χ0n) is 15.8. The van der Waals surface area contributed by atoms with Gasteiger partial charge in [0.25, 0.3) is 10.0 Å². The summed E-state index contributed by atoms with van der Waals surface area (Å²) in [6.07, 6.45) is 3.79. The predicted octanol–water partition coefficient (Wildman–Crippen LogP) is 3.89. The van der Waals surface area contributed by atoms with Gasteiger partial charge in [-0.25, -0.2) is 13.4 Å². The quantitative estimate of drug-likeness (QED) is 0.609. The average Bonchev–Trinajstić information content (AvgIpc) is 2.61. The molecule has 1 heterocycles. The van der Waals surface area contributed by atoms with Crippen molar-refractivity contribution in [3.8, 4) is 0 Å². The van der Waals surface area contributed by atoms with Crippen molar-refractivity contribution < 1.29 is 17.9 Å². The zero-order valence-corrected chi connectivity index (χ0v) is 16.6. The van der Waals surface area contributed by atoms with Gasteiger partial charge in [0.2, 0.25) is 0 Å². The number of hydrogen-bond acceptors (Lipinski definition) is 5. The smallest absolute Gasteiger partial charge is 0.313 e. The molecule has 1 unspecified atom stereocenters. The number of carbonyl (C=O) groups excluding carboxylic acids is 1. The summed E-state index contributed by atoms with van der Waals surface area (Å²) in [5.41, 5.74) is 0.379. The van der Waals surface area contributed by atoms with Gasteiger partial charge >= 0.3 is 5.97 Å². The summed E-state index contributed by atoms with van der Waals surface area (Å²) in [6, 6.07) is 6.65. The number of unbranched alkanes of at least 4 members (excludes halogenated alkanes) is 1. The minimum absolute atomic E-state index is 0.147. The van der Waals surface area contributed by atoms with E-state index in [1.165, 1.54) is 4.31 Å². The Hall–Kier alpha value is -1.89. The first-order valence-corrected chi connectivity index (χ1v) is 10.7. The van der Waals surface area contributed by atoms with Gasteiger partial charge in [-0.15, -0.1) is 0 Å². The zero-order chi connectivity index (χ0) is 19.2. The molecule has 2 rings (SSSR count). The fourth-order valence-electron chi connectivity index (χ4n) is 3.04. The first kappa shape index (κ1) is 20.4. The molecule has 0 aromatic heterocycles. The Labute approximate surface area is 156 Å². The molecule has 26 heavy (non-hydrogen) atoms. The molecule has 1 aliphatic heterocycles. The Morgan fingerprint density at radius 2 is 1.96 bits per heavy atom. The maximum Gasteiger partial charge on any atom is 0.313 e. The van der Waals surface area contributed by atoms with Gasteiger partial charge in [-0.1, -0.05) is 45.2 Å². The van der Waals surface area contributed by atoms with Crippen LogP contribution in [0.1, 0.15) is 52.9 Å². The number of ether oxygens (including phenoxy) is 1. The molecule has 0 N–H and O–H groups in total. The molecular formula is C19H28N2O4S. The predicted molar refractivity (Wildman–Crippen MR) is 102 cm³/mol. The van der Waals surface area contributed by atoms with Crippen molar-refractivity contribution >= 4 is 27.5 Å². The molecule has 0 aliphatic carbocycles. The standard InChI is InChI=1S/C19H28N2O4S/c1-4-7-10-15(5-2)14-21-18(13-19(22)25-6-3)20-16-11-8-9-12-17(16)26(21,23)24/h8-9,11-12,15H,4-7,10,13-14H2,1-3H3. The van der Waals surface area contributed by atoms with Crippen molar-refractivity contribution in [1.82, 2.24) is 4.31 Å². The van der Waals surface area contributed by atoms with Gasteiger partial charge < -0.3 is 4.74 Å². The number of nitrogens with zero attached hydrogens (tertiary/aromatic N) is 2. The monoisotopic (exact) mass is 380 g/mol. The number of fused-ring (bicyclic) bond motifs is 1. The van der Waals surface area contributed by atoms with Crippen molar-refractivity contribution in [3.63, 3.8) is 0 Å². The minimum Gasteiger partial charge on any atom is -0.466 e. The summed E-state index contributed by atoms with van der Waals surface area (Å²) in [6.45, 7) is 6.50. The molecular weight excluding hydrogens is 352 g/mol. The van der Waals surface area contributed by atoms with Crippen LogP contribution in [-0.4, -0.2) is 37.7 Å². The lowest BCUT2D eigenvalue weighted by atomic mass is 9.99. The third kappa shape index (κ3) is 4.63. The molecule has 7 heteroatoms. The summed E-state index contributed by atoms with van der Waals surface area (Å²) >= 11 is 0. The van der Waals surface area contributed by atoms with Crippen molar-refractivity contribution in [1.29, 1.82) is 0 Å². The molecule has 0 fully saturated rings. The number of para-hydroxylation sites is 1. The van der Waals surface area contributed by atoms with E-state index >= 15 is 0 Å². The molecule has 6 nitrogen and oxygen atoms in total. The fourth-order valence-corrected chi connectivity index (χ4v) is 4.70. The topological polar surface area (TPSA) is 76.0 Å². The summed E-state index contributed by atoms with van der Waals surface area (Å²) in [5.74, 6) is 0.00641. The number of rotatable bonds is 9. The lowest BCUT2D eigenvalue weighted by Crippen LogP contribution is -2.43. The highest BCUT2D eigenvalue weighted by Gasteiger charge is 2.35. The lowest BCUT2D eigenvalue weighted by molar-refractivity contribution is -0.141. The number of amidine groups is 1. The van der Waals surface area contributed by atoms with E-state index < -0.39 is 16.0 Å². The minimum atomic E-state index is -3.73. The first-order valence-electron chi connectivity index (χ1n) is 9.28. The van der Waals surface area contributed by atoms with E-state index in [1.807, 2.05) is 0 Å². The van der Waals surface area contributed by atoms with Gasteiger partial charge in [0, 0.05) is 6.54 Å². The molecule has 1 aromatic carbocycles. The molecule has 1 aliphatic rings. The number of benzene rings is 1. The van der Waals surface area contributed by atoms with Crippen LogP contribution in [0.4, 0.5) is 5.69 Å². The number of carbonyl (C=O) groups is 1. The fraction of sp³-hybridized carbons (Fsp3) is 0.579. The van der Waals surface area contributed by atoms with Gasteiger partial charge in [0.1, 0.15) is 17.2 Å². The second kappa shape index (κ2) is 9.16. The van der Waals surface area contributed by atoms with Crippen LogP contribution in [0.5, 0.6) is 0 Å². The summed E-state index contributed by atoms with van der Waals surface area (Å²) in [7, 11) is -3.73. The van der Waals surface area contributed by atoms with E-state index in [4.69, 9.17) is 4.74 Å². The largest absolute Gasteiger partial charge is 0.466 e. The van der Waals surface area contributed by atoms with Crippen molar-refractivity contribution in [2.24, 2.45) is 10.9 Å². The molecule has 0 bridgehead atoms. The van der Waals surface area contributed by atoms with Crippen LogP contribution in [0.25, 0.3) is 0 Å². The molecule has 0 saturated heterocycles. The highest BCUT2D eigenvalue weighted by molar-refractivity contribution is 7.90. The highest BCUT2D eigenvalue weighted by atomic mass is 32.2. The second-order valence-electron chi connectivity index (χ2n) is 6.43. The Balaban J connectivity index is 2.39. The Morgan fingerprint density at radius 1 is 1.23 bits per heavy atom. The molecule has 0 amide bonds. The van der Waals surface area contributed by atoms with Crippen LogP contribution in [0.3, 0.4) is 0 Å². The molecule has 1 atom stereocenters. The van der Waals surface area contributed by atoms with Crippen LogP contribution < -0.4 is 0 Å². The van der Waals surface area contributed by atoms with Crippen molar-refractivity contribution in [2.45, 2.75) is 57.8 Å². The molecule has 144 valence electrons. The number of sulfonamides is 1. The Kier molecular flexibility index (Phi) is 7.20. The van der Waals surface area contributed by atoms with E-state index in [0.29, 0.717) is 12.2 Å². The van der Waals surface area contributed by atoms with E-state index in [1.54, 1.807) is 31.2 Å². The van der Waals surface area contributed by atoms with Crippen LogP contribution in [0.2, 0.25) is 0 Å². The summed E-state index contributed by atoms with van der Waals surface area (Å²) in [5, 5.41) is 0. The van der Waals surface area contributed by atoms with Gasteiger partial charge in [-0.3, -0.25) is 9.10 Å². The summed E-state index contributed by atoms with van der Waals surface area (Å²) < 4.78 is 32.7. The van der Waals surface area contributed by atoms with Crippen LogP contribution in [-0.2, 0) is 19.6 Å². The van der Waals surface area contributed by atoms with Crippen LogP contribution in [0.15, 0.2) is 34.2 Å². The van der Waals surface area contributed by atoms with Gasteiger partial charge in [0.15, 0.2) is 0 Å². The average molecular weight is 381 g/mol. The van der Waals surface area contributed by atoms with Crippen molar-refractivity contribution in [3.05, 3.63) is 24.3 Å². The van der Waals surface area contributed by atoms with E-state index in [-0.39, 0.29) is 29.7 Å². The van der Waals surface area contributed by atoms with E-state index in [0.717, 1.165) is 25.7 Å². The Morgan fingerprint density at radius 3 is 2.62 bits per heavy atom. The molecule has 0 saturated carbocycles. The van der Waals surface area contributed by atoms with E-state index in [2.05, 4.69) is 18.8 Å². The maximum atomic E-state index is 13.2. The molecule has 1 aromatic rings. The summed E-state index contributed by atoms with van der Waals surface area (Å²) in [4.78, 5) is 16.7. The highest BCUT2D eigenvalue weighted by Crippen LogP contribution is 2.34.